The van der Waals surface area contributed by atoms with Crippen LogP contribution in [0.25, 0.3) is 0 Å². The highest BCUT2D eigenvalue weighted by Gasteiger charge is 2.36. The van der Waals surface area contributed by atoms with E-state index in [1.54, 1.807) is 0 Å². The number of aliphatic hydroxyl groups excluding tert-OH is 1. The van der Waals surface area contributed by atoms with Crippen molar-refractivity contribution < 1.29 is 9.90 Å². The molecule has 2 aliphatic rings. The van der Waals surface area contributed by atoms with Gasteiger partial charge in [-0.15, -0.1) is 0 Å². The fourth-order valence-corrected chi connectivity index (χ4v) is 4.34. The maximum atomic E-state index is 12.8. The molecule has 136 valence electrons. The predicted octanol–water partition coefficient (Wildman–Crippen LogP) is 4.11. The van der Waals surface area contributed by atoms with E-state index < -0.39 is 0 Å². The molecule has 1 unspecified atom stereocenters. The van der Waals surface area contributed by atoms with Gasteiger partial charge < -0.3 is 10.0 Å². The van der Waals surface area contributed by atoms with Crippen LogP contribution in [0.2, 0.25) is 0 Å². The van der Waals surface area contributed by atoms with Crippen molar-refractivity contribution in [3.63, 3.8) is 0 Å². The van der Waals surface area contributed by atoms with E-state index in [-0.39, 0.29) is 17.9 Å². The van der Waals surface area contributed by atoms with Crippen molar-refractivity contribution in [3.05, 3.63) is 47.5 Å². The molecule has 0 bridgehead atoms. The molecule has 3 nitrogen and oxygen atoms in total. The van der Waals surface area contributed by atoms with Crippen LogP contribution in [0.3, 0.4) is 0 Å². The van der Waals surface area contributed by atoms with Gasteiger partial charge in [-0.3, -0.25) is 4.79 Å². The molecule has 1 heterocycles. The number of hydrogen-bond acceptors (Lipinski definition) is 2. The zero-order chi connectivity index (χ0) is 17.5. The number of likely N-dealkylation sites (tertiary alicyclic amines) is 1. The number of aliphatic hydroxyl groups is 1. The second-order valence-electron chi connectivity index (χ2n) is 7.80. The fourth-order valence-electron chi connectivity index (χ4n) is 4.34. The number of rotatable bonds is 6. The van der Waals surface area contributed by atoms with Gasteiger partial charge in [0.05, 0.1) is 6.61 Å². The van der Waals surface area contributed by atoms with Gasteiger partial charge in [0.1, 0.15) is 0 Å². The highest BCUT2D eigenvalue weighted by atomic mass is 16.3. The summed E-state index contributed by atoms with van der Waals surface area (Å²) in [4.78, 5) is 14.8. The predicted molar refractivity (Wildman–Crippen MR) is 101 cm³/mol. The SMILES string of the molecule is O=C(C1=CCCCC1)N1CCCC(CO)(CCCc2ccccc2)C1. The number of carbonyl (C=O) groups is 1. The summed E-state index contributed by atoms with van der Waals surface area (Å²) in [6.07, 6.45) is 11.6. The Bertz CT molecular complexity index is 595. The van der Waals surface area contributed by atoms with Crippen LogP contribution in [-0.4, -0.2) is 35.6 Å². The Morgan fingerprint density at radius 1 is 1.16 bits per heavy atom. The topological polar surface area (TPSA) is 40.5 Å². The summed E-state index contributed by atoms with van der Waals surface area (Å²) in [5, 5.41) is 10.1. The van der Waals surface area contributed by atoms with Gasteiger partial charge >= 0.3 is 0 Å². The third kappa shape index (κ3) is 4.72. The summed E-state index contributed by atoms with van der Waals surface area (Å²) in [5.74, 6) is 0.222. The standard InChI is InChI=1S/C22H31NO2/c24-18-22(14-7-11-19-9-3-1-4-10-19)15-8-16-23(17-22)21(25)20-12-5-2-6-13-20/h1,3-4,9-10,12,24H,2,5-8,11,13-18H2. The van der Waals surface area contributed by atoms with Gasteiger partial charge in [-0.05, 0) is 63.4 Å². The molecular formula is C22H31NO2. The Hall–Kier alpha value is -1.61. The molecule has 1 N–H and O–H groups in total. The average molecular weight is 341 g/mol. The molecule has 0 aromatic heterocycles. The van der Waals surface area contributed by atoms with Gasteiger partial charge in [-0.25, -0.2) is 0 Å². The van der Waals surface area contributed by atoms with E-state index in [4.69, 9.17) is 0 Å². The summed E-state index contributed by atoms with van der Waals surface area (Å²) < 4.78 is 0. The van der Waals surface area contributed by atoms with Crippen LogP contribution in [0, 0.1) is 5.41 Å². The summed E-state index contributed by atoms with van der Waals surface area (Å²) >= 11 is 0. The summed E-state index contributed by atoms with van der Waals surface area (Å²) in [7, 11) is 0. The number of aryl methyl sites for hydroxylation is 1. The molecule has 0 spiro atoms. The number of piperidine rings is 1. The lowest BCUT2D eigenvalue weighted by atomic mass is 9.76. The van der Waals surface area contributed by atoms with Crippen LogP contribution in [0.4, 0.5) is 0 Å². The minimum atomic E-state index is -0.113. The first-order chi connectivity index (χ1) is 12.2. The van der Waals surface area contributed by atoms with Crippen LogP contribution in [0.1, 0.15) is 56.9 Å². The molecule has 25 heavy (non-hydrogen) atoms. The second-order valence-corrected chi connectivity index (χ2v) is 7.80. The molecule has 1 fully saturated rings. The number of benzene rings is 1. The Morgan fingerprint density at radius 2 is 2.00 bits per heavy atom. The van der Waals surface area contributed by atoms with Crippen LogP contribution in [-0.2, 0) is 11.2 Å². The lowest BCUT2D eigenvalue weighted by Gasteiger charge is -2.42. The minimum absolute atomic E-state index is 0.113. The molecule has 1 aliphatic heterocycles. The highest BCUT2D eigenvalue weighted by molar-refractivity contribution is 5.93. The highest BCUT2D eigenvalue weighted by Crippen LogP contribution is 2.35. The van der Waals surface area contributed by atoms with E-state index in [9.17, 15) is 9.90 Å². The molecule has 1 atom stereocenters. The lowest BCUT2D eigenvalue weighted by molar-refractivity contribution is -0.131. The number of hydrogen-bond donors (Lipinski definition) is 1. The maximum absolute atomic E-state index is 12.8. The summed E-state index contributed by atoms with van der Waals surface area (Å²) in [6.45, 7) is 1.75. The first-order valence-electron chi connectivity index (χ1n) is 9.86. The van der Waals surface area contributed by atoms with Crippen LogP contribution in [0.5, 0.6) is 0 Å². The summed E-state index contributed by atoms with van der Waals surface area (Å²) in [5.41, 5.74) is 2.24. The van der Waals surface area contributed by atoms with E-state index >= 15 is 0 Å². The third-order valence-corrected chi connectivity index (χ3v) is 5.87. The van der Waals surface area contributed by atoms with Gasteiger partial charge in [-0.1, -0.05) is 36.4 Å². The van der Waals surface area contributed by atoms with Crippen LogP contribution >= 0.6 is 0 Å². The van der Waals surface area contributed by atoms with Crippen molar-refractivity contribution in [1.82, 2.24) is 4.90 Å². The largest absolute Gasteiger partial charge is 0.396 e. The number of allylic oxidation sites excluding steroid dienone is 1. The first-order valence-corrected chi connectivity index (χ1v) is 9.86. The van der Waals surface area contributed by atoms with Gasteiger partial charge in [0.2, 0.25) is 5.91 Å². The van der Waals surface area contributed by atoms with Crippen molar-refractivity contribution in [2.24, 2.45) is 5.41 Å². The van der Waals surface area contributed by atoms with Crippen LogP contribution < -0.4 is 0 Å². The van der Waals surface area contributed by atoms with E-state index in [1.165, 1.54) is 12.0 Å². The fraction of sp³-hybridized carbons (Fsp3) is 0.591. The molecular weight excluding hydrogens is 310 g/mol. The van der Waals surface area contributed by atoms with Crippen molar-refractivity contribution in [2.75, 3.05) is 19.7 Å². The van der Waals surface area contributed by atoms with E-state index in [1.807, 2.05) is 11.0 Å². The molecule has 1 aliphatic carbocycles. The molecule has 3 rings (SSSR count). The van der Waals surface area contributed by atoms with Crippen LogP contribution in [0.15, 0.2) is 42.0 Å². The van der Waals surface area contributed by atoms with Gasteiger partial charge in [-0.2, -0.15) is 0 Å². The zero-order valence-corrected chi connectivity index (χ0v) is 15.3. The van der Waals surface area contributed by atoms with E-state index in [0.717, 1.165) is 63.5 Å². The van der Waals surface area contributed by atoms with E-state index in [2.05, 4.69) is 30.3 Å². The Morgan fingerprint density at radius 3 is 2.72 bits per heavy atom. The molecule has 1 aromatic rings. The summed E-state index contributed by atoms with van der Waals surface area (Å²) in [6, 6.07) is 10.5. The van der Waals surface area contributed by atoms with Gasteiger partial charge in [0, 0.05) is 24.1 Å². The Balaban J connectivity index is 1.58. The van der Waals surface area contributed by atoms with Crippen molar-refractivity contribution in [1.29, 1.82) is 0 Å². The van der Waals surface area contributed by atoms with E-state index in [0.29, 0.717) is 6.54 Å². The molecule has 0 radical (unpaired) electrons. The molecule has 1 saturated heterocycles. The van der Waals surface area contributed by atoms with Gasteiger partial charge in [0.15, 0.2) is 0 Å². The molecule has 0 saturated carbocycles. The number of nitrogens with zero attached hydrogens (tertiary/aromatic N) is 1. The zero-order valence-electron chi connectivity index (χ0n) is 15.3. The quantitative estimate of drug-likeness (QED) is 0.846. The monoisotopic (exact) mass is 341 g/mol. The maximum Gasteiger partial charge on any atom is 0.249 e. The Kier molecular flexibility index (Phi) is 6.30. The van der Waals surface area contributed by atoms with Crippen molar-refractivity contribution in [2.45, 2.75) is 57.8 Å². The molecule has 1 amide bonds. The second kappa shape index (κ2) is 8.66. The Labute approximate surface area is 151 Å². The molecule has 1 aromatic carbocycles. The van der Waals surface area contributed by atoms with Crippen molar-refractivity contribution >= 4 is 5.91 Å². The number of amides is 1. The third-order valence-electron chi connectivity index (χ3n) is 5.87. The normalized spacial score (nSPS) is 24.0. The van der Waals surface area contributed by atoms with Crippen molar-refractivity contribution in [3.8, 4) is 0 Å². The lowest BCUT2D eigenvalue weighted by Crippen LogP contribution is -2.48. The number of carbonyl (C=O) groups excluding carboxylic acids is 1. The smallest absolute Gasteiger partial charge is 0.249 e. The van der Waals surface area contributed by atoms with Gasteiger partial charge in [0.25, 0.3) is 0 Å². The molecule has 3 heteroatoms. The minimum Gasteiger partial charge on any atom is -0.396 e. The average Bonchev–Trinajstić information content (AvgIpc) is 2.69. The first kappa shape index (κ1) is 18.2.